The third kappa shape index (κ3) is 6.14. The molecule has 0 N–H and O–H groups in total. The number of ether oxygens (including phenoxy) is 3. The Balaban J connectivity index is 1.79. The van der Waals surface area contributed by atoms with Crippen LogP contribution >= 0.6 is 0 Å². The van der Waals surface area contributed by atoms with Gasteiger partial charge >= 0.3 is 11.9 Å². The van der Waals surface area contributed by atoms with Gasteiger partial charge in [0, 0.05) is 45.2 Å². The number of nitro benzene ring substituents is 1. The monoisotopic (exact) mass is 483 g/mol. The summed E-state index contributed by atoms with van der Waals surface area (Å²) in [5.41, 5.74) is 0.747. The van der Waals surface area contributed by atoms with Crippen molar-refractivity contribution < 1.29 is 33.5 Å². The Hall–Kier alpha value is -4.41. The number of anilines is 1. The molecule has 1 heterocycles. The summed E-state index contributed by atoms with van der Waals surface area (Å²) in [5.74, 6) is -1.01. The summed E-state index contributed by atoms with van der Waals surface area (Å²) in [4.78, 5) is 50.3. The van der Waals surface area contributed by atoms with E-state index in [1.807, 2.05) is 4.90 Å². The summed E-state index contributed by atoms with van der Waals surface area (Å²) < 4.78 is 15.2. The predicted octanol–water partition coefficient (Wildman–Crippen LogP) is 2.68. The fraction of sp³-hybridized carbons (Fsp3) is 0.292. The number of rotatable bonds is 7. The lowest BCUT2D eigenvalue weighted by Gasteiger charge is -2.35. The molecule has 0 bridgehead atoms. The molecule has 1 aliphatic rings. The number of piperazine rings is 1. The lowest BCUT2D eigenvalue weighted by molar-refractivity contribution is -0.384. The van der Waals surface area contributed by atoms with Crippen LogP contribution < -0.4 is 14.4 Å². The maximum Gasteiger partial charge on any atom is 0.343 e. The van der Waals surface area contributed by atoms with Crippen molar-refractivity contribution in [2.45, 2.75) is 6.92 Å². The van der Waals surface area contributed by atoms with E-state index in [2.05, 4.69) is 4.74 Å². The van der Waals surface area contributed by atoms with Crippen LogP contribution in [0, 0.1) is 10.1 Å². The van der Waals surface area contributed by atoms with Crippen LogP contribution in [0.2, 0.25) is 0 Å². The third-order valence-electron chi connectivity index (χ3n) is 5.48. The maximum absolute atomic E-state index is 12.8. The predicted molar refractivity (Wildman–Crippen MR) is 127 cm³/mol. The maximum atomic E-state index is 12.8. The largest absolute Gasteiger partial charge is 0.493 e. The molecule has 0 radical (unpaired) electrons. The van der Waals surface area contributed by atoms with E-state index >= 15 is 0 Å². The van der Waals surface area contributed by atoms with Gasteiger partial charge in [-0.25, -0.2) is 9.59 Å². The number of methoxy groups -OCH3 is 2. The number of esters is 2. The Morgan fingerprint density at radius 1 is 1.00 bits per heavy atom. The molecule has 3 rings (SSSR count). The highest BCUT2D eigenvalue weighted by Crippen LogP contribution is 2.32. The minimum absolute atomic E-state index is 0.000427. The fourth-order valence-electron chi connectivity index (χ4n) is 3.59. The van der Waals surface area contributed by atoms with Gasteiger partial charge in [-0.1, -0.05) is 6.07 Å². The summed E-state index contributed by atoms with van der Waals surface area (Å²) in [6, 6.07) is 8.81. The van der Waals surface area contributed by atoms with Gasteiger partial charge in [0.1, 0.15) is 5.69 Å². The number of hydrogen-bond donors (Lipinski definition) is 0. The van der Waals surface area contributed by atoms with Gasteiger partial charge in [-0.2, -0.15) is 0 Å². The number of nitrogens with zero attached hydrogens (tertiary/aromatic N) is 3. The van der Waals surface area contributed by atoms with E-state index in [-0.39, 0.29) is 28.7 Å². The average molecular weight is 483 g/mol. The van der Waals surface area contributed by atoms with Crippen LogP contribution in [0.1, 0.15) is 22.8 Å². The minimum Gasteiger partial charge on any atom is -0.493 e. The second-order valence-electron chi connectivity index (χ2n) is 7.61. The summed E-state index contributed by atoms with van der Waals surface area (Å²) >= 11 is 0. The van der Waals surface area contributed by atoms with Crippen LogP contribution in [-0.4, -0.2) is 68.1 Å². The Labute approximate surface area is 201 Å². The Morgan fingerprint density at radius 3 is 2.31 bits per heavy atom. The van der Waals surface area contributed by atoms with Crippen LogP contribution in [0.3, 0.4) is 0 Å². The van der Waals surface area contributed by atoms with Crippen molar-refractivity contribution in [2.24, 2.45) is 0 Å². The molecule has 0 spiro atoms. The van der Waals surface area contributed by atoms with E-state index < -0.39 is 16.9 Å². The van der Waals surface area contributed by atoms with Gasteiger partial charge in [-0.15, -0.1) is 0 Å². The lowest BCUT2D eigenvalue weighted by Crippen LogP contribution is -2.48. The van der Waals surface area contributed by atoms with Crippen LogP contribution in [-0.2, 0) is 14.3 Å². The summed E-state index contributed by atoms with van der Waals surface area (Å²) in [5, 5.41) is 11.7. The molecule has 0 saturated carbocycles. The molecule has 0 aromatic heterocycles. The van der Waals surface area contributed by atoms with Gasteiger partial charge in [-0.3, -0.25) is 14.9 Å². The fourth-order valence-corrected chi connectivity index (χ4v) is 3.59. The van der Waals surface area contributed by atoms with E-state index in [4.69, 9.17) is 9.47 Å². The molecule has 184 valence electrons. The first-order chi connectivity index (χ1) is 16.7. The second-order valence-corrected chi connectivity index (χ2v) is 7.61. The average Bonchev–Trinajstić information content (AvgIpc) is 2.87. The van der Waals surface area contributed by atoms with Crippen molar-refractivity contribution in [3.05, 3.63) is 63.7 Å². The van der Waals surface area contributed by atoms with Crippen LogP contribution in [0.15, 0.2) is 42.5 Å². The van der Waals surface area contributed by atoms with E-state index in [9.17, 15) is 24.5 Å². The summed E-state index contributed by atoms with van der Waals surface area (Å²) in [6.45, 7) is 3.29. The summed E-state index contributed by atoms with van der Waals surface area (Å²) in [6.07, 6.45) is 2.75. The highest BCUT2D eigenvalue weighted by molar-refractivity contribution is 5.93. The number of carbonyl (C=O) groups is 3. The third-order valence-corrected chi connectivity index (χ3v) is 5.48. The first kappa shape index (κ1) is 25.2. The number of benzene rings is 2. The van der Waals surface area contributed by atoms with Crippen molar-refractivity contribution >= 4 is 35.3 Å². The molecule has 0 atom stereocenters. The molecule has 0 aliphatic carbocycles. The van der Waals surface area contributed by atoms with E-state index in [1.165, 1.54) is 57.6 Å². The van der Waals surface area contributed by atoms with Gasteiger partial charge in [0.05, 0.1) is 24.7 Å². The van der Waals surface area contributed by atoms with Crippen molar-refractivity contribution in [3.63, 3.8) is 0 Å². The van der Waals surface area contributed by atoms with E-state index in [1.54, 1.807) is 17.0 Å². The van der Waals surface area contributed by atoms with E-state index in [0.717, 1.165) is 0 Å². The molecule has 11 nitrogen and oxygen atoms in total. The number of amides is 1. The van der Waals surface area contributed by atoms with Crippen molar-refractivity contribution in [2.75, 3.05) is 45.3 Å². The number of carbonyl (C=O) groups excluding carboxylic acids is 3. The SMILES string of the molecule is COC(=O)/C=C/c1ccc(OC(=O)c2ccc(N3CCN(C(C)=O)CC3)c([N+](=O)[O-])c2)c(OC)c1. The van der Waals surface area contributed by atoms with Crippen molar-refractivity contribution in [1.29, 1.82) is 0 Å². The highest BCUT2D eigenvalue weighted by Gasteiger charge is 2.26. The second kappa shape index (κ2) is 11.1. The zero-order chi connectivity index (χ0) is 25.5. The van der Waals surface area contributed by atoms with Gasteiger partial charge in [0.2, 0.25) is 5.91 Å². The normalized spacial score (nSPS) is 13.5. The van der Waals surface area contributed by atoms with Crippen LogP contribution in [0.25, 0.3) is 6.08 Å². The Morgan fingerprint density at radius 2 is 1.71 bits per heavy atom. The molecule has 1 fully saturated rings. The lowest BCUT2D eigenvalue weighted by atomic mass is 10.1. The van der Waals surface area contributed by atoms with Crippen LogP contribution in [0.5, 0.6) is 11.5 Å². The topological polar surface area (TPSA) is 129 Å². The standard InChI is InChI=1S/C24H25N3O8/c1-16(28)25-10-12-26(13-11-25)19-7-6-18(15-20(19)27(31)32)24(30)35-21-8-4-17(14-22(21)33-2)5-9-23(29)34-3/h4-9,14-15H,10-13H2,1-3H3/b9-5+. The van der Waals surface area contributed by atoms with Crippen molar-refractivity contribution in [1.82, 2.24) is 4.90 Å². The van der Waals surface area contributed by atoms with E-state index in [0.29, 0.717) is 37.4 Å². The Bertz CT molecular complexity index is 1170. The van der Waals surface area contributed by atoms with Gasteiger partial charge in [-0.05, 0) is 35.9 Å². The smallest absolute Gasteiger partial charge is 0.343 e. The zero-order valence-corrected chi connectivity index (χ0v) is 19.6. The van der Waals surface area contributed by atoms with Gasteiger partial charge in [0.15, 0.2) is 11.5 Å². The molecular formula is C24H25N3O8. The zero-order valence-electron chi connectivity index (χ0n) is 19.6. The minimum atomic E-state index is -0.794. The van der Waals surface area contributed by atoms with Crippen molar-refractivity contribution in [3.8, 4) is 11.5 Å². The molecule has 2 aromatic rings. The molecule has 0 unspecified atom stereocenters. The first-order valence-corrected chi connectivity index (χ1v) is 10.7. The molecule has 1 saturated heterocycles. The summed E-state index contributed by atoms with van der Waals surface area (Å²) in [7, 11) is 2.66. The Kier molecular flexibility index (Phi) is 8.03. The number of nitro groups is 1. The first-order valence-electron chi connectivity index (χ1n) is 10.7. The van der Waals surface area contributed by atoms with Gasteiger partial charge < -0.3 is 24.0 Å². The van der Waals surface area contributed by atoms with Gasteiger partial charge in [0.25, 0.3) is 5.69 Å². The molecular weight excluding hydrogens is 458 g/mol. The quantitative estimate of drug-likeness (QED) is 0.192. The molecule has 11 heteroatoms. The molecule has 1 amide bonds. The van der Waals surface area contributed by atoms with Crippen LogP contribution in [0.4, 0.5) is 11.4 Å². The molecule has 35 heavy (non-hydrogen) atoms. The number of hydrogen-bond acceptors (Lipinski definition) is 9. The molecule has 1 aliphatic heterocycles. The molecule has 2 aromatic carbocycles. The highest BCUT2D eigenvalue weighted by atomic mass is 16.6.